The molecule has 0 bridgehead atoms. The molecule has 0 aliphatic heterocycles. The second kappa shape index (κ2) is 9.19. The lowest BCUT2D eigenvalue weighted by molar-refractivity contribution is -0.109. The molecule has 2 N–H and O–H groups in total. The molecule has 0 spiro atoms. The van der Waals surface area contributed by atoms with Crippen molar-refractivity contribution in [3.05, 3.63) is 0 Å². The van der Waals surface area contributed by atoms with E-state index in [0.29, 0.717) is 6.54 Å². The summed E-state index contributed by atoms with van der Waals surface area (Å²) in [5.74, 6) is 0. The van der Waals surface area contributed by atoms with Crippen molar-refractivity contribution in [2.75, 3.05) is 19.6 Å². The Morgan fingerprint density at radius 1 is 1.46 bits per heavy atom. The second-order valence-electron chi connectivity index (χ2n) is 2.75. The zero-order valence-electron chi connectivity index (χ0n) is 8.42. The third-order valence-corrected chi connectivity index (χ3v) is 1.51. The Bertz CT molecular complexity index is 148. The Labute approximate surface area is 79.8 Å². The summed E-state index contributed by atoms with van der Waals surface area (Å²) in [4.78, 5) is 14.5. The molecule has 0 radical (unpaired) electrons. The summed E-state index contributed by atoms with van der Waals surface area (Å²) in [6.45, 7) is 6.29. The first kappa shape index (κ1) is 12.1. The van der Waals surface area contributed by atoms with Crippen molar-refractivity contribution in [3.8, 4) is 0 Å². The Hall–Kier alpha value is -0.900. The van der Waals surface area contributed by atoms with Gasteiger partial charge < -0.3 is 15.4 Å². The van der Waals surface area contributed by atoms with Gasteiger partial charge in [0.1, 0.15) is 6.29 Å². The van der Waals surface area contributed by atoms with Crippen LogP contribution in [0.5, 0.6) is 0 Å². The molecule has 0 aromatic heterocycles. The lowest BCUT2D eigenvalue weighted by atomic mass is 10.3. The van der Waals surface area contributed by atoms with Gasteiger partial charge in [-0.15, -0.1) is 0 Å². The minimum Gasteiger partial charge on any atom is -0.376 e. The first-order chi connectivity index (χ1) is 6.35. The fraction of sp³-hybridized carbons (Fsp3) is 0.778. The van der Waals surface area contributed by atoms with Crippen molar-refractivity contribution in [1.82, 2.24) is 10.6 Å². The van der Waals surface area contributed by atoms with Gasteiger partial charge in [-0.1, -0.05) is 13.8 Å². The smallest absolute Gasteiger partial charge is 0.138 e. The van der Waals surface area contributed by atoms with Crippen molar-refractivity contribution >= 4 is 12.6 Å². The van der Waals surface area contributed by atoms with Gasteiger partial charge in [-0.2, -0.15) is 0 Å². The van der Waals surface area contributed by atoms with E-state index in [9.17, 15) is 4.79 Å². The molecule has 0 saturated carbocycles. The zero-order chi connectivity index (χ0) is 9.94. The average molecular weight is 185 g/mol. The number of aliphatic imine (C=N–C) groups is 1. The molecule has 0 fully saturated rings. The van der Waals surface area contributed by atoms with Crippen molar-refractivity contribution in [1.29, 1.82) is 0 Å². The van der Waals surface area contributed by atoms with Crippen molar-refractivity contribution < 1.29 is 4.79 Å². The molecule has 0 amide bonds. The summed E-state index contributed by atoms with van der Waals surface area (Å²) in [7, 11) is 0. The normalized spacial score (nSPS) is 13.1. The molecule has 0 heterocycles. The summed E-state index contributed by atoms with van der Waals surface area (Å²) in [5.41, 5.74) is 0. The van der Waals surface area contributed by atoms with Gasteiger partial charge in [0.15, 0.2) is 0 Å². The molecular formula is C9H19N3O. The van der Waals surface area contributed by atoms with E-state index < -0.39 is 0 Å². The van der Waals surface area contributed by atoms with Crippen molar-refractivity contribution in [2.45, 2.75) is 26.3 Å². The molecule has 0 aromatic carbocycles. The van der Waals surface area contributed by atoms with Crippen LogP contribution >= 0.6 is 0 Å². The summed E-state index contributed by atoms with van der Waals surface area (Å²) < 4.78 is 0. The van der Waals surface area contributed by atoms with Crippen LogP contribution in [-0.2, 0) is 4.79 Å². The van der Waals surface area contributed by atoms with Gasteiger partial charge in [-0.3, -0.25) is 4.99 Å². The Morgan fingerprint density at radius 2 is 2.23 bits per heavy atom. The highest BCUT2D eigenvalue weighted by Gasteiger charge is 2.01. The van der Waals surface area contributed by atoms with Gasteiger partial charge in [0.05, 0.1) is 18.9 Å². The third kappa shape index (κ3) is 7.46. The van der Waals surface area contributed by atoms with E-state index in [1.165, 1.54) is 0 Å². The molecule has 4 heteroatoms. The van der Waals surface area contributed by atoms with Crippen molar-refractivity contribution in [2.24, 2.45) is 4.99 Å². The molecule has 0 aliphatic rings. The van der Waals surface area contributed by atoms with Crippen LogP contribution in [-0.4, -0.2) is 38.3 Å². The highest BCUT2D eigenvalue weighted by Crippen LogP contribution is 1.78. The highest BCUT2D eigenvalue weighted by atomic mass is 16.1. The lowest BCUT2D eigenvalue weighted by Gasteiger charge is -2.06. The number of aldehydes is 1. The van der Waals surface area contributed by atoms with Crippen LogP contribution in [0.15, 0.2) is 4.99 Å². The van der Waals surface area contributed by atoms with Crippen LogP contribution < -0.4 is 10.6 Å². The van der Waals surface area contributed by atoms with Gasteiger partial charge in [0.2, 0.25) is 0 Å². The van der Waals surface area contributed by atoms with E-state index in [1.807, 2.05) is 6.92 Å². The van der Waals surface area contributed by atoms with Crippen LogP contribution in [0.2, 0.25) is 0 Å². The Kier molecular flexibility index (Phi) is 8.55. The van der Waals surface area contributed by atoms with Gasteiger partial charge in [0, 0.05) is 6.54 Å². The van der Waals surface area contributed by atoms with Crippen molar-refractivity contribution in [3.63, 3.8) is 0 Å². The fourth-order valence-corrected chi connectivity index (χ4v) is 0.858. The van der Waals surface area contributed by atoms with Crippen LogP contribution in [0.4, 0.5) is 0 Å². The van der Waals surface area contributed by atoms with E-state index in [-0.39, 0.29) is 6.04 Å². The number of carbonyl (C=O) groups excluding carboxylic acids is 1. The van der Waals surface area contributed by atoms with Crippen LogP contribution in [0.3, 0.4) is 0 Å². The monoisotopic (exact) mass is 185 g/mol. The van der Waals surface area contributed by atoms with Crippen LogP contribution in [0.1, 0.15) is 20.3 Å². The first-order valence-corrected chi connectivity index (χ1v) is 4.75. The van der Waals surface area contributed by atoms with Crippen LogP contribution in [0, 0.1) is 0 Å². The Morgan fingerprint density at radius 3 is 2.77 bits per heavy atom. The highest BCUT2D eigenvalue weighted by molar-refractivity contribution is 5.59. The maximum absolute atomic E-state index is 10.5. The second-order valence-corrected chi connectivity index (χ2v) is 2.75. The summed E-state index contributed by atoms with van der Waals surface area (Å²) in [5, 5.41) is 6.03. The fourth-order valence-electron chi connectivity index (χ4n) is 0.858. The molecule has 0 saturated heterocycles. The molecule has 0 rings (SSSR count). The van der Waals surface area contributed by atoms with Gasteiger partial charge >= 0.3 is 0 Å². The number of nitrogens with zero attached hydrogens (tertiary/aromatic N) is 1. The Balaban J connectivity index is 3.46. The quantitative estimate of drug-likeness (QED) is 0.246. The molecule has 4 nitrogen and oxygen atoms in total. The summed E-state index contributed by atoms with van der Waals surface area (Å²) in [6, 6.07) is -0.148. The number of carbonyl (C=O) groups is 1. The average Bonchev–Trinajstić information content (AvgIpc) is 2.16. The number of hydrogen-bond acceptors (Lipinski definition) is 3. The number of hydrogen-bond donors (Lipinski definition) is 2. The number of likely N-dealkylation sites (N-methyl/N-ethyl adjacent to an activating group) is 1. The van der Waals surface area contributed by atoms with E-state index in [4.69, 9.17) is 0 Å². The molecular weight excluding hydrogens is 166 g/mol. The van der Waals surface area contributed by atoms with Gasteiger partial charge in [-0.25, -0.2) is 0 Å². The molecule has 0 aromatic rings. The third-order valence-electron chi connectivity index (χ3n) is 1.51. The number of nitrogens with one attached hydrogen (secondary N) is 2. The van der Waals surface area contributed by atoms with E-state index >= 15 is 0 Å². The maximum atomic E-state index is 10.5. The SMILES string of the molecule is CCCNC=NCC(C=O)NCC. The molecule has 76 valence electrons. The minimum atomic E-state index is -0.148. The van der Waals surface area contributed by atoms with Gasteiger partial charge in [-0.05, 0) is 13.0 Å². The zero-order valence-corrected chi connectivity index (χ0v) is 8.42. The van der Waals surface area contributed by atoms with E-state index in [2.05, 4.69) is 22.5 Å². The largest absolute Gasteiger partial charge is 0.376 e. The molecule has 13 heavy (non-hydrogen) atoms. The topological polar surface area (TPSA) is 53.5 Å². The van der Waals surface area contributed by atoms with Gasteiger partial charge in [0.25, 0.3) is 0 Å². The molecule has 1 unspecified atom stereocenters. The predicted molar refractivity (Wildman–Crippen MR) is 55.2 cm³/mol. The summed E-state index contributed by atoms with van der Waals surface area (Å²) in [6.07, 6.45) is 3.63. The lowest BCUT2D eigenvalue weighted by Crippen LogP contribution is -2.33. The number of rotatable bonds is 8. The molecule has 0 aliphatic carbocycles. The molecule has 1 atom stereocenters. The minimum absolute atomic E-state index is 0.148. The standard InChI is InChI=1S/C9H19N3O/c1-3-5-10-8-11-6-9(7-13)12-4-2/h7-9,12H,3-6H2,1-2H3,(H,10,11). The summed E-state index contributed by atoms with van der Waals surface area (Å²) >= 11 is 0. The predicted octanol–water partition coefficient (Wildman–Crippen LogP) is 0.191. The van der Waals surface area contributed by atoms with E-state index in [0.717, 1.165) is 25.8 Å². The van der Waals surface area contributed by atoms with E-state index in [1.54, 1.807) is 6.34 Å². The van der Waals surface area contributed by atoms with Crippen LogP contribution in [0.25, 0.3) is 0 Å². The maximum Gasteiger partial charge on any atom is 0.138 e. The first-order valence-electron chi connectivity index (χ1n) is 4.75.